The fraction of sp³-hybridized carbons (Fsp3) is 0.217. The highest BCUT2D eigenvalue weighted by Crippen LogP contribution is 2.22. The third-order valence-corrected chi connectivity index (χ3v) is 5.16. The van der Waals surface area contributed by atoms with Gasteiger partial charge in [0.1, 0.15) is 17.4 Å². The van der Waals surface area contributed by atoms with Crippen LogP contribution in [0.15, 0.2) is 66.9 Å². The van der Waals surface area contributed by atoms with Crippen molar-refractivity contribution in [1.82, 2.24) is 4.98 Å². The Balaban J connectivity index is 1.33. The molecule has 30 heavy (non-hydrogen) atoms. The Morgan fingerprint density at radius 3 is 2.20 bits per heavy atom. The van der Waals surface area contributed by atoms with E-state index >= 15 is 0 Å². The van der Waals surface area contributed by atoms with Gasteiger partial charge < -0.3 is 19.9 Å². The molecule has 0 aliphatic carbocycles. The summed E-state index contributed by atoms with van der Waals surface area (Å²) in [5.41, 5.74) is 2.42. The fourth-order valence-corrected chi connectivity index (χ4v) is 3.45. The van der Waals surface area contributed by atoms with E-state index in [0.29, 0.717) is 11.3 Å². The van der Waals surface area contributed by atoms with Crippen LogP contribution in [0.3, 0.4) is 0 Å². The van der Waals surface area contributed by atoms with Gasteiger partial charge in [-0.15, -0.1) is 0 Å². The zero-order valence-electron chi connectivity index (χ0n) is 16.7. The second-order valence-corrected chi connectivity index (χ2v) is 7.04. The molecule has 0 radical (unpaired) electrons. The van der Waals surface area contributed by atoms with Gasteiger partial charge in [0.2, 0.25) is 0 Å². The molecule has 0 unspecified atom stereocenters. The number of benzene rings is 2. The molecule has 1 aliphatic heterocycles. The van der Waals surface area contributed by atoms with E-state index < -0.39 is 0 Å². The number of aromatic nitrogens is 1. The molecule has 4 rings (SSSR count). The number of nitrogens with one attached hydrogen (secondary N) is 1. The molecule has 6 nitrogen and oxygen atoms in total. The predicted molar refractivity (Wildman–Crippen MR) is 116 cm³/mol. The third kappa shape index (κ3) is 4.51. The maximum Gasteiger partial charge on any atom is 0.255 e. The first-order valence-electron chi connectivity index (χ1n) is 9.79. The van der Waals surface area contributed by atoms with E-state index in [1.54, 1.807) is 37.4 Å². The molecule has 2 aromatic carbocycles. The molecule has 0 atom stereocenters. The van der Waals surface area contributed by atoms with Gasteiger partial charge in [-0.1, -0.05) is 0 Å². The molecule has 0 saturated carbocycles. The normalized spacial score (nSPS) is 13.8. The summed E-state index contributed by atoms with van der Waals surface area (Å²) < 4.78 is 18.2. The van der Waals surface area contributed by atoms with Crippen LogP contribution < -0.4 is 19.9 Å². The van der Waals surface area contributed by atoms with Crippen molar-refractivity contribution in [3.05, 3.63) is 78.2 Å². The lowest BCUT2D eigenvalue weighted by atomic mass is 10.2. The number of hydrogen-bond donors (Lipinski definition) is 1. The topological polar surface area (TPSA) is 57.7 Å². The van der Waals surface area contributed by atoms with E-state index in [-0.39, 0.29) is 11.7 Å². The van der Waals surface area contributed by atoms with Crippen LogP contribution in [0.4, 0.5) is 21.6 Å². The number of carbonyl (C=O) groups is 1. The van der Waals surface area contributed by atoms with Gasteiger partial charge in [0.15, 0.2) is 0 Å². The minimum atomic E-state index is -0.323. The van der Waals surface area contributed by atoms with Crippen LogP contribution >= 0.6 is 0 Å². The second-order valence-electron chi connectivity index (χ2n) is 7.04. The maximum atomic E-state index is 13.1. The molecule has 3 aromatic rings. The summed E-state index contributed by atoms with van der Waals surface area (Å²) in [5, 5.41) is 2.91. The number of halogens is 1. The minimum absolute atomic E-state index is 0.161. The Kier molecular flexibility index (Phi) is 5.79. The van der Waals surface area contributed by atoms with Gasteiger partial charge in [0, 0.05) is 43.1 Å². The van der Waals surface area contributed by atoms with E-state index in [4.69, 9.17) is 4.74 Å². The van der Waals surface area contributed by atoms with Crippen LogP contribution in [-0.2, 0) is 0 Å². The number of pyridine rings is 1. The van der Waals surface area contributed by atoms with Crippen LogP contribution in [0.2, 0.25) is 0 Å². The van der Waals surface area contributed by atoms with Crippen LogP contribution in [-0.4, -0.2) is 44.2 Å². The van der Waals surface area contributed by atoms with Crippen molar-refractivity contribution in [2.24, 2.45) is 0 Å². The Hall–Kier alpha value is -3.61. The quantitative estimate of drug-likeness (QED) is 0.698. The number of anilines is 3. The van der Waals surface area contributed by atoms with Crippen LogP contribution in [0.1, 0.15) is 10.4 Å². The van der Waals surface area contributed by atoms with Gasteiger partial charge in [-0.3, -0.25) is 4.79 Å². The Morgan fingerprint density at radius 1 is 0.933 bits per heavy atom. The maximum absolute atomic E-state index is 13.1. The molecule has 2 heterocycles. The van der Waals surface area contributed by atoms with Crippen molar-refractivity contribution in [1.29, 1.82) is 0 Å². The highest BCUT2D eigenvalue weighted by Gasteiger charge is 2.18. The highest BCUT2D eigenvalue weighted by atomic mass is 19.1. The number of nitrogens with zero attached hydrogens (tertiary/aromatic N) is 3. The SMILES string of the molecule is COc1ccc(C(=O)Nc2ccc(N3CCN(c4ccc(F)cn4)CC3)cc2)cc1. The van der Waals surface area contributed by atoms with E-state index in [0.717, 1.165) is 43.4 Å². The molecule has 7 heteroatoms. The van der Waals surface area contributed by atoms with Gasteiger partial charge in [0.05, 0.1) is 13.3 Å². The lowest BCUT2D eigenvalue weighted by Crippen LogP contribution is -2.46. The molecule has 1 aromatic heterocycles. The van der Waals surface area contributed by atoms with Crippen molar-refractivity contribution in [2.75, 3.05) is 48.4 Å². The number of ether oxygens (including phenoxy) is 1. The van der Waals surface area contributed by atoms with Gasteiger partial charge in [-0.05, 0) is 60.7 Å². The largest absolute Gasteiger partial charge is 0.497 e. The zero-order valence-corrected chi connectivity index (χ0v) is 16.7. The molecular formula is C23H23FN4O2. The van der Waals surface area contributed by atoms with E-state index in [1.807, 2.05) is 24.3 Å². The number of piperazine rings is 1. The molecule has 1 N–H and O–H groups in total. The lowest BCUT2D eigenvalue weighted by molar-refractivity contribution is 0.102. The monoisotopic (exact) mass is 406 g/mol. The van der Waals surface area contributed by atoms with Gasteiger partial charge >= 0.3 is 0 Å². The molecule has 0 spiro atoms. The summed E-state index contributed by atoms with van der Waals surface area (Å²) in [6, 6.07) is 18.0. The number of hydrogen-bond acceptors (Lipinski definition) is 5. The smallest absolute Gasteiger partial charge is 0.255 e. The van der Waals surface area contributed by atoms with Gasteiger partial charge in [-0.25, -0.2) is 9.37 Å². The summed E-state index contributed by atoms with van der Waals surface area (Å²) >= 11 is 0. The lowest BCUT2D eigenvalue weighted by Gasteiger charge is -2.36. The summed E-state index contributed by atoms with van der Waals surface area (Å²) in [4.78, 5) is 21.0. The number of carbonyl (C=O) groups excluding carboxylic acids is 1. The molecule has 1 amide bonds. The van der Waals surface area contributed by atoms with Crippen molar-refractivity contribution in [3.63, 3.8) is 0 Å². The minimum Gasteiger partial charge on any atom is -0.497 e. The Labute approximate surface area is 174 Å². The average Bonchev–Trinajstić information content (AvgIpc) is 2.80. The molecule has 1 fully saturated rings. The molecule has 1 aliphatic rings. The number of methoxy groups -OCH3 is 1. The van der Waals surface area contributed by atoms with E-state index in [9.17, 15) is 9.18 Å². The Morgan fingerprint density at radius 2 is 1.60 bits per heavy atom. The van der Waals surface area contributed by atoms with Crippen molar-refractivity contribution in [2.45, 2.75) is 0 Å². The number of rotatable bonds is 5. The van der Waals surface area contributed by atoms with E-state index in [1.165, 1.54) is 12.3 Å². The van der Waals surface area contributed by atoms with Crippen molar-refractivity contribution >= 4 is 23.1 Å². The first-order chi connectivity index (χ1) is 14.6. The molecule has 0 bridgehead atoms. The van der Waals surface area contributed by atoms with Crippen LogP contribution in [0.5, 0.6) is 5.75 Å². The highest BCUT2D eigenvalue weighted by molar-refractivity contribution is 6.04. The standard InChI is InChI=1S/C23H23FN4O2/c1-30-21-9-2-17(3-10-21)23(29)26-19-5-7-20(8-6-19)27-12-14-28(15-13-27)22-11-4-18(24)16-25-22/h2-11,16H,12-15H2,1H3,(H,26,29). The molecule has 154 valence electrons. The van der Waals surface area contributed by atoms with Crippen molar-refractivity contribution < 1.29 is 13.9 Å². The first-order valence-corrected chi connectivity index (χ1v) is 9.79. The zero-order chi connectivity index (χ0) is 20.9. The third-order valence-electron chi connectivity index (χ3n) is 5.16. The summed E-state index contributed by atoms with van der Waals surface area (Å²) in [5.74, 6) is 1.03. The van der Waals surface area contributed by atoms with Crippen LogP contribution in [0.25, 0.3) is 0 Å². The predicted octanol–water partition coefficient (Wildman–Crippen LogP) is 3.81. The van der Waals surface area contributed by atoms with Crippen LogP contribution in [0, 0.1) is 5.82 Å². The first kappa shape index (κ1) is 19.7. The summed E-state index contributed by atoms with van der Waals surface area (Å²) in [6.45, 7) is 3.32. The van der Waals surface area contributed by atoms with E-state index in [2.05, 4.69) is 20.1 Å². The number of amides is 1. The summed E-state index contributed by atoms with van der Waals surface area (Å²) in [7, 11) is 1.59. The molecule has 1 saturated heterocycles. The second kappa shape index (κ2) is 8.82. The summed E-state index contributed by atoms with van der Waals surface area (Å²) in [6.07, 6.45) is 1.25. The van der Waals surface area contributed by atoms with Crippen molar-refractivity contribution in [3.8, 4) is 5.75 Å². The fourth-order valence-electron chi connectivity index (χ4n) is 3.45. The van der Waals surface area contributed by atoms with Gasteiger partial charge in [0.25, 0.3) is 5.91 Å². The Bertz CT molecular complexity index is 983. The average molecular weight is 406 g/mol. The molecular weight excluding hydrogens is 383 g/mol. The van der Waals surface area contributed by atoms with Gasteiger partial charge in [-0.2, -0.15) is 0 Å².